The summed E-state index contributed by atoms with van der Waals surface area (Å²) in [6, 6.07) is 7.42. The molecule has 0 fully saturated rings. The predicted octanol–water partition coefficient (Wildman–Crippen LogP) is 2.82. The van der Waals surface area contributed by atoms with Crippen molar-refractivity contribution in [3.05, 3.63) is 35.2 Å². The number of fused-ring (bicyclic) bond motifs is 1. The van der Waals surface area contributed by atoms with Gasteiger partial charge in [0.15, 0.2) is 5.78 Å². The van der Waals surface area contributed by atoms with E-state index in [1.54, 1.807) is 11.3 Å². The van der Waals surface area contributed by atoms with Gasteiger partial charge in [0, 0.05) is 10.3 Å². The molecule has 15 heavy (non-hydrogen) atoms. The Labute approximate surface area is 92.7 Å². The lowest BCUT2D eigenvalue weighted by Gasteiger charge is -2.08. The van der Waals surface area contributed by atoms with Gasteiger partial charge in [-0.1, -0.05) is 19.1 Å². The summed E-state index contributed by atoms with van der Waals surface area (Å²) in [6.45, 7) is 1.93. The fraction of sp³-hybridized carbons (Fsp3) is 0.250. The lowest BCUT2D eigenvalue weighted by Crippen LogP contribution is -2.29. The third kappa shape index (κ3) is 1.80. The van der Waals surface area contributed by atoms with Crippen molar-refractivity contribution in [2.45, 2.75) is 19.4 Å². The van der Waals surface area contributed by atoms with E-state index in [4.69, 9.17) is 5.73 Å². The molecule has 3 heteroatoms. The van der Waals surface area contributed by atoms with Gasteiger partial charge < -0.3 is 5.73 Å². The summed E-state index contributed by atoms with van der Waals surface area (Å²) in [5, 5.41) is 3.12. The third-order valence-corrected chi connectivity index (χ3v) is 3.48. The number of thiophene rings is 1. The Morgan fingerprint density at radius 1 is 1.47 bits per heavy atom. The van der Waals surface area contributed by atoms with Crippen LogP contribution in [0.1, 0.15) is 23.7 Å². The summed E-state index contributed by atoms with van der Waals surface area (Å²) in [4.78, 5) is 12.0. The monoisotopic (exact) mass is 219 g/mol. The molecule has 0 radical (unpaired) electrons. The van der Waals surface area contributed by atoms with Gasteiger partial charge in [-0.3, -0.25) is 4.79 Å². The number of ketones is 1. The van der Waals surface area contributed by atoms with E-state index in [2.05, 4.69) is 0 Å². The first-order valence-corrected chi connectivity index (χ1v) is 5.88. The molecule has 0 spiro atoms. The van der Waals surface area contributed by atoms with Gasteiger partial charge in [-0.05, 0) is 29.3 Å². The fourth-order valence-corrected chi connectivity index (χ4v) is 2.49. The minimum absolute atomic E-state index is 0.0468. The first-order valence-electron chi connectivity index (χ1n) is 5.00. The van der Waals surface area contributed by atoms with Gasteiger partial charge in [0.2, 0.25) is 0 Å². The van der Waals surface area contributed by atoms with Gasteiger partial charge >= 0.3 is 0 Å². The number of benzene rings is 1. The lowest BCUT2D eigenvalue weighted by molar-refractivity contribution is 0.0961. The molecule has 1 atom stereocenters. The highest BCUT2D eigenvalue weighted by atomic mass is 32.1. The number of rotatable bonds is 3. The molecule has 2 aromatic rings. The van der Waals surface area contributed by atoms with Crippen LogP contribution in [-0.4, -0.2) is 11.8 Å². The molecule has 1 heterocycles. The molecule has 0 aliphatic carbocycles. The highest BCUT2D eigenvalue weighted by molar-refractivity contribution is 7.17. The average Bonchev–Trinajstić information content (AvgIpc) is 2.74. The molecule has 0 bridgehead atoms. The maximum atomic E-state index is 12.0. The number of hydrogen-bond donors (Lipinski definition) is 1. The Hall–Kier alpha value is -1.19. The van der Waals surface area contributed by atoms with Crippen LogP contribution in [0.25, 0.3) is 10.1 Å². The average molecular weight is 219 g/mol. The van der Waals surface area contributed by atoms with Crippen LogP contribution in [0.3, 0.4) is 0 Å². The van der Waals surface area contributed by atoms with Crippen LogP contribution in [0.4, 0.5) is 0 Å². The van der Waals surface area contributed by atoms with Crippen LogP contribution in [0.2, 0.25) is 0 Å². The Morgan fingerprint density at radius 3 is 3.00 bits per heavy atom. The van der Waals surface area contributed by atoms with E-state index >= 15 is 0 Å². The molecule has 0 aliphatic rings. The minimum Gasteiger partial charge on any atom is -0.321 e. The molecule has 0 saturated heterocycles. The summed E-state index contributed by atoms with van der Waals surface area (Å²) in [7, 11) is 0. The van der Waals surface area contributed by atoms with Gasteiger partial charge in [-0.15, -0.1) is 11.3 Å². The predicted molar refractivity (Wildman–Crippen MR) is 64.4 cm³/mol. The molecule has 2 rings (SSSR count). The largest absolute Gasteiger partial charge is 0.321 e. The van der Waals surface area contributed by atoms with Crippen LogP contribution in [0.5, 0.6) is 0 Å². The number of carbonyl (C=O) groups excluding carboxylic acids is 1. The second-order valence-electron chi connectivity index (χ2n) is 3.52. The van der Waals surface area contributed by atoms with Crippen molar-refractivity contribution in [3.8, 4) is 0 Å². The topological polar surface area (TPSA) is 43.1 Å². The maximum Gasteiger partial charge on any atom is 0.180 e. The number of carbonyl (C=O) groups is 1. The zero-order chi connectivity index (χ0) is 10.8. The van der Waals surface area contributed by atoms with Gasteiger partial charge in [0.1, 0.15) is 0 Å². The van der Waals surface area contributed by atoms with E-state index in [0.29, 0.717) is 6.42 Å². The Kier molecular flexibility index (Phi) is 2.84. The third-order valence-electron chi connectivity index (χ3n) is 2.52. The quantitative estimate of drug-likeness (QED) is 0.807. The Bertz CT molecular complexity index is 489. The fourth-order valence-electron chi connectivity index (χ4n) is 1.57. The van der Waals surface area contributed by atoms with Gasteiger partial charge in [0.05, 0.1) is 6.04 Å². The van der Waals surface area contributed by atoms with Crippen LogP contribution < -0.4 is 5.73 Å². The summed E-state index contributed by atoms with van der Waals surface area (Å²) < 4.78 is 1.05. The number of nitrogens with two attached hydrogens (primary N) is 1. The zero-order valence-electron chi connectivity index (χ0n) is 8.57. The molecule has 0 amide bonds. The van der Waals surface area contributed by atoms with Gasteiger partial charge in [-0.25, -0.2) is 0 Å². The molecule has 0 aliphatic heterocycles. The minimum atomic E-state index is -0.377. The highest BCUT2D eigenvalue weighted by Crippen LogP contribution is 2.25. The molecule has 2 N–H and O–H groups in total. The first-order chi connectivity index (χ1) is 7.24. The smallest absolute Gasteiger partial charge is 0.180 e. The zero-order valence-corrected chi connectivity index (χ0v) is 9.38. The van der Waals surface area contributed by atoms with Crippen LogP contribution >= 0.6 is 11.3 Å². The maximum absolute atomic E-state index is 12.0. The second kappa shape index (κ2) is 4.13. The van der Waals surface area contributed by atoms with E-state index in [1.165, 1.54) is 0 Å². The van der Waals surface area contributed by atoms with Crippen molar-refractivity contribution in [1.82, 2.24) is 0 Å². The van der Waals surface area contributed by atoms with Crippen molar-refractivity contribution < 1.29 is 4.79 Å². The second-order valence-corrected chi connectivity index (χ2v) is 4.44. The van der Waals surface area contributed by atoms with Crippen LogP contribution in [0, 0.1) is 0 Å². The van der Waals surface area contributed by atoms with E-state index in [9.17, 15) is 4.79 Å². The summed E-state index contributed by atoms with van der Waals surface area (Å²) in [6.07, 6.45) is 0.681. The lowest BCUT2D eigenvalue weighted by atomic mass is 10.0. The van der Waals surface area contributed by atoms with Crippen molar-refractivity contribution in [1.29, 1.82) is 0 Å². The number of hydrogen-bond acceptors (Lipinski definition) is 3. The van der Waals surface area contributed by atoms with E-state index in [0.717, 1.165) is 15.6 Å². The standard InChI is InChI=1S/C12H13NOS/c1-2-10(13)11(14)9-5-3-4-8-6-7-15-12(8)9/h3-7,10H,2,13H2,1H3. The molecule has 78 valence electrons. The Morgan fingerprint density at radius 2 is 2.27 bits per heavy atom. The summed E-state index contributed by atoms with van der Waals surface area (Å²) >= 11 is 1.59. The molecule has 2 nitrogen and oxygen atoms in total. The van der Waals surface area contributed by atoms with E-state index < -0.39 is 0 Å². The molecule has 1 aromatic carbocycles. The molecular weight excluding hydrogens is 206 g/mol. The summed E-state index contributed by atoms with van der Waals surface area (Å²) in [5.74, 6) is 0.0468. The SMILES string of the molecule is CCC(N)C(=O)c1cccc2ccsc12. The van der Waals surface area contributed by atoms with E-state index in [1.807, 2.05) is 36.6 Å². The van der Waals surface area contributed by atoms with Crippen LogP contribution in [0.15, 0.2) is 29.6 Å². The highest BCUT2D eigenvalue weighted by Gasteiger charge is 2.16. The van der Waals surface area contributed by atoms with Crippen LogP contribution in [-0.2, 0) is 0 Å². The normalized spacial score (nSPS) is 12.9. The van der Waals surface area contributed by atoms with Crippen molar-refractivity contribution in [2.24, 2.45) is 5.73 Å². The molecular formula is C12H13NOS. The van der Waals surface area contributed by atoms with Crippen molar-refractivity contribution in [3.63, 3.8) is 0 Å². The first kappa shape index (κ1) is 10.3. The Balaban J connectivity index is 2.51. The number of Topliss-reactive ketones (excluding diaryl/α,β-unsaturated/α-hetero) is 1. The molecule has 0 saturated carbocycles. The summed E-state index contributed by atoms with van der Waals surface area (Å²) in [5.41, 5.74) is 6.52. The van der Waals surface area contributed by atoms with E-state index in [-0.39, 0.29) is 11.8 Å². The van der Waals surface area contributed by atoms with Crippen molar-refractivity contribution in [2.75, 3.05) is 0 Å². The molecule has 1 unspecified atom stereocenters. The molecule has 1 aromatic heterocycles. The van der Waals surface area contributed by atoms with Gasteiger partial charge in [-0.2, -0.15) is 0 Å². The van der Waals surface area contributed by atoms with Crippen molar-refractivity contribution >= 4 is 27.2 Å². The van der Waals surface area contributed by atoms with Gasteiger partial charge in [0.25, 0.3) is 0 Å².